The van der Waals surface area contributed by atoms with Gasteiger partial charge >= 0.3 is 0 Å². The van der Waals surface area contributed by atoms with E-state index < -0.39 is 6.10 Å². The van der Waals surface area contributed by atoms with Gasteiger partial charge in [-0.25, -0.2) is 0 Å². The molecule has 0 bridgehead atoms. The average molecular weight is 221 g/mol. The highest BCUT2D eigenvalue weighted by Gasteiger charge is 2.07. The minimum Gasteiger partial charge on any atom is -0.388 e. The van der Waals surface area contributed by atoms with Gasteiger partial charge in [0.05, 0.1) is 6.10 Å². The predicted molar refractivity (Wildman–Crippen MR) is 63.8 cm³/mol. The van der Waals surface area contributed by atoms with Crippen molar-refractivity contribution in [2.75, 3.05) is 0 Å². The normalized spacial score (nSPS) is 12.4. The van der Waals surface area contributed by atoms with Crippen LogP contribution in [0.3, 0.4) is 0 Å². The molecular formula is C13H19NO2. The second kappa shape index (κ2) is 6.28. The first kappa shape index (κ1) is 12.7. The van der Waals surface area contributed by atoms with Crippen molar-refractivity contribution in [2.45, 2.75) is 38.7 Å². The summed E-state index contributed by atoms with van der Waals surface area (Å²) in [6, 6.07) is 7.92. The van der Waals surface area contributed by atoms with E-state index in [1.165, 1.54) is 5.56 Å². The summed E-state index contributed by atoms with van der Waals surface area (Å²) in [7, 11) is 0. The van der Waals surface area contributed by atoms with Crippen LogP contribution in [-0.4, -0.2) is 11.0 Å². The Morgan fingerprint density at radius 2 is 2.00 bits per heavy atom. The fourth-order valence-corrected chi connectivity index (χ4v) is 1.61. The minimum atomic E-state index is -0.495. The molecule has 88 valence electrons. The Morgan fingerprint density at radius 1 is 1.38 bits per heavy atom. The van der Waals surface area contributed by atoms with Crippen LogP contribution in [0.5, 0.6) is 0 Å². The van der Waals surface area contributed by atoms with Gasteiger partial charge in [0, 0.05) is 6.42 Å². The molecule has 1 aromatic carbocycles. The summed E-state index contributed by atoms with van der Waals surface area (Å²) in [6.07, 6.45) is 2.05. The van der Waals surface area contributed by atoms with Gasteiger partial charge in [-0.1, -0.05) is 31.2 Å². The van der Waals surface area contributed by atoms with E-state index in [4.69, 9.17) is 5.73 Å². The van der Waals surface area contributed by atoms with E-state index in [9.17, 15) is 9.90 Å². The van der Waals surface area contributed by atoms with E-state index in [0.717, 1.165) is 12.0 Å². The van der Waals surface area contributed by atoms with Gasteiger partial charge in [-0.2, -0.15) is 0 Å². The molecule has 0 saturated heterocycles. The van der Waals surface area contributed by atoms with Gasteiger partial charge in [-0.15, -0.1) is 0 Å². The third-order valence-electron chi connectivity index (χ3n) is 2.67. The predicted octanol–water partition coefficient (Wildman–Crippen LogP) is 1.94. The number of amides is 1. The van der Waals surface area contributed by atoms with E-state index in [2.05, 4.69) is 6.92 Å². The maximum atomic E-state index is 10.5. The third kappa shape index (κ3) is 4.03. The molecule has 0 heterocycles. The van der Waals surface area contributed by atoms with Crippen molar-refractivity contribution >= 4 is 5.91 Å². The zero-order chi connectivity index (χ0) is 12.0. The number of nitrogens with two attached hydrogens (primary N) is 1. The second-order valence-corrected chi connectivity index (χ2v) is 3.97. The minimum absolute atomic E-state index is 0.312. The number of hydrogen-bond acceptors (Lipinski definition) is 2. The second-order valence-electron chi connectivity index (χ2n) is 3.97. The van der Waals surface area contributed by atoms with Gasteiger partial charge in [0.1, 0.15) is 0 Å². The number of carbonyl (C=O) groups excluding carboxylic acids is 1. The van der Waals surface area contributed by atoms with Crippen LogP contribution >= 0.6 is 0 Å². The zero-order valence-electron chi connectivity index (χ0n) is 9.65. The molecule has 0 spiro atoms. The molecule has 1 amide bonds. The van der Waals surface area contributed by atoms with Crippen LogP contribution in [-0.2, 0) is 11.2 Å². The van der Waals surface area contributed by atoms with Crippen molar-refractivity contribution in [3.05, 3.63) is 35.4 Å². The smallest absolute Gasteiger partial charge is 0.217 e. The molecule has 1 atom stereocenters. The Morgan fingerprint density at radius 3 is 2.50 bits per heavy atom. The van der Waals surface area contributed by atoms with Crippen molar-refractivity contribution in [2.24, 2.45) is 5.73 Å². The van der Waals surface area contributed by atoms with Crippen LogP contribution in [0.1, 0.15) is 43.4 Å². The van der Waals surface area contributed by atoms with E-state index in [0.29, 0.717) is 19.3 Å². The zero-order valence-corrected chi connectivity index (χ0v) is 9.65. The highest BCUT2D eigenvalue weighted by atomic mass is 16.3. The summed E-state index contributed by atoms with van der Waals surface area (Å²) in [6.45, 7) is 2.10. The Hall–Kier alpha value is -1.35. The van der Waals surface area contributed by atoms with Gasteiger partial charge in [-0.05, 0) is 30.4 Å². The van der Waals surface area contributed by atoms with Gasteiger partial charge < -0.3 is 10.8 Å². The van der Waals surface area contributed by atoms with Crippen molar-refractivity contribution in [1.82, 2.24) is 0 Å². The molecule has 16 heavy (non-hydrogen) atoms. The number of rotatable bonds is 6. The molecule has 0 radical (unpaired) electrons. The Labute approximate surface area is 96.3 Å². The molecule has 0 fully saturated rings. The lowest BCUT2D eigenvalue weighted by Gasteiger charge is -2.10. The number of primary amides is 1. The molecule has 0 aliphatic rings. The van der Waals surface area contributed by atoms with E-state index in [-0.39, 0.29) is 5.91 Å². The topological polar surface area (TPSA) is 63.3 Å². The molecule has 1 unspecified atom stereocenters. The number of hydrogen-bond donors (Lipinski definition) is 2. The lowest BCUT2D eigenvalue weighted by atomic mass is 10.0. The highest BCUT2D eigenvalue weighted by molar-refractivity contribution is 5.73. The Balaban J connectivity index is 2.45. The van der Waals surface area contributed by atoms with Crippen LogP contribution in [0, 0.1) is 0 Å². The molecule has 1 aromatic rings. The maximum Gasteiger partial charge on any atom is 0.217 e. The summed E-state index contributed by atoms with van der Waals surface area (Å²) < 4.78 is 0. The highest BCUT2D eigenvalue weighted by Crippen LogP contribution is 2.19. The van der Waals surface area contributed by atoms with E-state index >= 15 is 0 Å². The summed E-state index contributed by atoms with van der Waals surface area (Å²) in [5.41, 5.74) is 7.20. The molecule has 0 aromatic heterocycles. The summed E-state index contributed by atoms with van der Waals surface area (Å²) in [5.74, 6) is -0.312. The lowest BCUT2D eigenvalue weighted by Crippen LogP contribution is -2.10. The Kier molecular flexibility index (Phi) is 4.99. The fourth-order valence-electron chi connectivity index (χ4n) is 1.61. The monoisotopic (exact) mass is 221 g/mol. The lowest BCUT2D eigenvalue weighted by molar-refractivity contribution is -0.118. The van der Waals surface area contributed by atoms with Crippen molar-refractivity contribution in [3.8, 4) is 0 Å². The molecular weight excluding hydrogens is 202 g/mol. The standard InChI is InChI=1S/C13H19NO2/c1-2-10-6-8-11(9-7-10)12(15)4-3-5-13(14)16/h6-9,12,15H,2-5H2,1H3,(H2,14,16). The van der Waals surface area contributed by atoms with Crippen LogP contribution in [0.15, 0.2) is 24.3 Å². The van der Waals surface area contributed by atoms with Gasteiger partial charge in [0.15, 0.2) is 0 Å². The average Bonchev–Trinajstić information content (AvgIpc) is 2.28. The third-order valence-corrected chi connectivity index (χ3v) is 2.67. The fraction of sp³-hybridized carbons (Fsp3) is 0.462. The quantitative estimate of drug-likeness (QED) is 0.771. The van der Waals surface area contributed by atoms with Crippen molar-refractivity contribution in [1.29, 1.82) is 0 Å². The van der Waals surface area contributed by atoms with Gasteiger partial charge in [-0.3, -0.25) is 4.79 Å². The number of aryl methyl sites for hydroxylation is 1. The number of aliphatic hydroxyl groups is 1. The molecule has 3 nitrogen and oxygen atoms in total. The first-order valence-electron chi connectivity index (χ1n) is 5.68. The van der Waals surface area contributed by atoms with Crippen LogP contribution in [0.25, 0.3) is 0 Å². The van der Waals surface area contributed by atoms with Gasteiger partial charge in [0.2, 0.25) is 5.91 Å². The van der Waals surface area contributed by atoms with Crippen molar-refractivity contribution in [3.63, 3.8) is 0 Å². The SMILES string of the molecule is CCc1ccc(C(O)CCCC(N)=O)cc1. The summed E-state index contributed by atoms with van der Waals surface area (Å²) in [4.78, 5) is 10.5. The first-order chi connectivity index (χ1) is 7.63. The van der Waals surface area contributed by atoms with Crippen LogP contribution < -0.4 is 5.73 Å². The molecule has 0 aliphatic carbocycles. The number of carbonyl (C=O) groups is 1. The summed E-state index contributed by atoms with van der Waals surface area (Å²) >= 11 is 0. The van der Waals surface area contributed by atoms with E-state index in [1.807, 2.05) is 24.3 Å². The first-order valence-corrected chi connectivity index (χ1v) is 5.68. The van der Waals surface area contributed by atoms with Crippen LogP contribution in [0.2, 0.25) is 0 Å². The summed E-state index contributed by atoms with van der Waals surface area (Å²) in [5, 5.41) is 9.84. The molecule has 3 heteroatoms. The molecule has 0 aliphatic heterocycles. The largest absolute Gasteiger partial charge is 0.388 e. The molecule has 0 saturated carbocycles. The van der Waals surface area contributed by atoms with E-state index in [1.54, 1.807) is 0 Å². The molecule has 1 rings (SSSR count). The Bertz CT molecular complexity index is 332. The number of benzene rings is 1. The maximum absolute atomic E-state index is 10.5. The van der Waals surface area contributed by atoms with Gasteiger partial charge in [0.25, 0.3) is 0 Å². The van der Waals surface area contributed by atoms with Crippen LogP contribution in [0.4, 0.5) is 0 Å². The van der Waals surface area contributed by atoms with Crippen molar-refractivity contribution < 1.29 is 9.90 Å². The molecule has 3 N–H and O–H groups in total. The number of aliphatic hydroxyl groups excluding tert-OH is 1.